The van der Waals surface area contributed by atoms with Gasteiger partial charge in [-0.3, -0.25) is 9.59 Å². The zero-order valence-electron chi connectivity index (χ0n) is 10.6. The van der Waals surface area contributed by atoms with Crippen molar-refractivity contribution in [3.63, 3.8) is 0 Å². The number of carbonyl (C=O) groups is 2. The summed E-state index contributed by atoms with van der Waals surface area (Å²) in [5.74, 6) is -0.806. The Bertz CT molecular complexity index is 698. The monoisotopic (exact) mass is 291 g/mol. The second-order valence-electron chi connectivity index (χ2n) is 4.73. The third kappa shape index (κ3) is 1.97. The van der Waals surface area contributed by atoms with Crippen LogP contribution in [0.25, 0.3) is 10.2 Å². The number of hydrogen-bond acceptors (Lipinski definition) is 6. The lowest BCUT2D eigenvalue weighted by atomic mass is 10.1. The Morgan fingerprint density at radius 1 is 1.45 bits per heavy atom. The number of fused-ring (bicyclic) bond motifs is 1. The van der Waals surface area contributed by atoms with E-state index in [4.69, 9.17) is 11.5 Å². The van der Waals surface area contributed by atoms with Gasteiger partial charge >= 0.3 is 0 Å². The Hall–Kier alpha value is -2.22. The highest BCUT2D eigenvalue weighted by atomic mass is 32.1. The number of nitrogens with zero attached hydrogens (tertiary/aromatic N) is 3. The predicted molar refractivity (Wildman–Crippen MR) is 75.0 cm³/mol. The number of aromatic nitrogens is 2. The summed E-state index contributed by atoms with van der Waals surface area (Å²) in [6.07, 6.45) is 2.14. The van der Waals surface area contributed by atoms with Crippen molar-refractivity contribution in [3.8, 4) is 0 Å². The summed E-state index contributed by atoms with van der Waals surface area (Å²) < 4.78 is 0. The summed E-state index contributed by atoms with van der Waals surface area (Å²) in [7, 11) is 0. The maximum Gasteiger partial charge on any atom is 0.266 e. The number of rotatable bonds is 2. The lowest BCUT2D eigenvalue weighted by Crippen LogP contribution is -2.31. The summed E-state index contributed by atoms with van der Waals surface area (Å²) >= 11 is 1.22. The van der Waals surface area contributed by atoms with E-state index in [1.165, 1.54) is 11.3 Å². The quantitative estimate of drug-likeness (QED) is 0.821. The molecule has 0 radical (unpaired) electrons. The molecule has 2 aromatic rings. The van der Waals surface area contributed by atoms with E-state index in [2.05, 4.69) is 10.2 Å². The maximum atomic E-state index is 12.5. The van der Waals surface area contributed by atoms with Crippen LogP contribution in [0.5, 0.6) is 0 Å². The Morgan fingerprint density at radius 3 is 2.90 bits per heavy atom. The van der Waals surface area contributed by atoms with E-state index in [1.54, 1.807) is 17.2 Å². The van der Waals surface area contributed by atoms with E-state index in [1.807, 2.05) is 0 Å². The molecule has 2 aromatic heterocycles. The fourth-order valence-electron chi connectivity index (χ4n) is 2.35. The second kappa shape index (κ2) is 4.71. The van der Waals surface area contributed by atoms with Gasteiger partial charge < -0.3 is 16.4 Å². The molecule has 0 aliphatic carbocycles. The van der Waals surface area contributed by atoms with E-state index in [9.17, 15) is 9.59 Å². The van der Waals surface area contributed by atoms with Gasteiger partial charge in [0.1, 0.15) is 9.71 Å². The normalized spacial score (nSPS) is 18.6. The largest absolute Gasteiger partial charge is 0.397 e. The minimum atomic E-state index is -0.365. The minimum Gasteiger partial charge on any atom is -0.397 e. The number of carbonyl (C=O) groups excluding carboxylic acids is 2. The van der Waals surface area contributed by atoms with Crippen molar-refractivity contribution in [1.82, 2.24) is 15.1 Å². The number of amides is 2. The highest BCUT2D eigenvalue weighted by Crippen LogP contribution is 2.33. The Labute approximate surface area is 118 Å². The smallest absolute Gasteiger partial charge is 0.266 e. The van der Waals surface area contributed by atoms with Crippen LogP contribution < -0.4 is 11.5 Å². The fraction of sp³-hybridized carbons (Fsp3) is 0.333. The molecule has 0 saturated carbocycles. The summed E-state index contributed by atoms with van der Waals surface area (Å²) in [5.41, 5.74) is 11.7. The topological polar surface area (TPSA) is 115 Å². The molecule has 1 fully saturated rings. The first kappa shape index (κ1) is 12.8. The van der Waals surface area contributed by atoms with Gasteiger partial charge in [0.25, 0.3) is 5.91 Å². The van der Waals surface area contributed by atoms with Crippen molar-refractivity contribution < 1.29 is 9.59 Å². The van der Waals surface area contributed by atoms with Crippen LogP contribution in [0, 0.1) is 5.92 Å². The summed E-state index contributed by atoms with van der Waals surface area (Å²) in [4.78, 5) is 26.3. The SMILES string of the molecule is NC(=O)C1CCN(C(=O)c2sc3nnccc3c2N)C1. The van der Waals surface area contributed by atoms with Gasteiger partial charge in [-0.15, -0.1) is 16.4 Å². The molecule has 8 heteroatoms. The molecule has 3 heterocycles. The molecule has 104 valence electrons. The van der Waals surface area contributed by atoms with Gasteiger partial charge in [0.2, 0.25) is 5.91 Å². The van der Waals surface area contributed by atoms with Crippen LogP contribution in [0.3, 0.4) is 0 Å². The molecule has 0 spiro atoms. The standard InChI is InChI=1S/C12H13N5O2S/c13-8-7-1-3-15-16-11(7)20-9(8)12(19)17-4-2-6(5-17)10(14)18/h1,3,6H,2,4-5,13H2,(H2,14,18). The van der Waals surface area contributed by atoms with Crippen LogP contribution in [0.1, 0.15) is 16.1 Å². The number of hydrogen-bond donors (Lipinski definition) is 2. The Morgan fingerprint density at radius 2 is 2.25 bits per heavy atom. The fourth-order valence-corrected chi connectivity index (χ4v) is 3.36. The first-order valence-corrected chi connectivity index (χ1v) is 6.98. The molecule has 0 aromatic carbocycles. The average molecular weight is 291 g/mol. The molecule has 1 unspecified atom stereocenters. The van der Waals surface area contributed by atoms with Gasteiger partial charge in [-0.25, -0.2) is 0 Å². The Balaban J connectivity index is 1.90. The lowest BCUT2D eigenvalue weighted by Gasteiger charge is -2.15. The highest BCUT2D eigenvalue weighted by molar-refractivity contribution is 7.21. The number of nitrogen functional groups attached to an aromatic ring is 1. The molecule has 7 nitrogen and oxygen atoms in total. The van der Waals surface area contributed by atoms with E-state index in [-0.39, 0.29) is 17.7 Å². The van der Waals surface area contributed by atoms with E-state index in [0.29, 0.717) is 34.9 Å². The van der Waals surface area contributed by atoms with Crippen LogP contribution in [0.2, 0.25) is 0 Å². The maximum absolute atomic E-state index is 12.5. The number of anilines is 1. The van der Waals surface area contributed by atoms with E-state index < -0.39 is 0 Å². The molecule has 0 bridgehead atoms. The van der Waals surface area contributed by atoms with Gasteiger partial charge in [-0.2, -0.15) is 5.10 Å². The molecule has 4 N–H and O–H groups in total. The highest BCUT2D eigenvalue weighted by Gasteiger charge is 2.32. The zero-order chi connectivity index (χ0) is 14.3. The molecule has 20 heavy (non-hydrogen) atoms. The molecule has 1 aliphatic heterocycles. The van der Waals surface area contributed by atoms with E-state index in [0.717, 1.165) is 5.39 Å². The van der Waals surface area contributed by atoms with Crippen molar-refractivity contribution in [3.05, 3.63) is 17.1 Å². The van der Waals surface area contributed by atoms with Gasteiger partial charge in [0, 0.05) is 18.5 Å². The van der Waals surface area contributed by atoms with Crippen molar-refractivity contribution in [1.29, 1.82) is 0 Å². The Kier molecular flexibility index (Phi) is 3.01. The molecular weight excluding hydrogens is 278 g/mol. The molecule has 3 rings (SSSR count). The van der Waals surface area contributed by atoms with Crippen LogP contribution in [0.15, 0.2) is 12.3 Å². The van der Waals surface area contributed by atoms with Crippen LogP contribution >= 0.6 is 11.3 Å². The number of nitrogens with two attached hydrogens (primary N) is 2. The van der Waals surface area contributed by atoms with Crippen molar-refractivity contribution in [2.75, 3.05) is 18.8 Å². The third-order valence-corrected chi connectivity index (χ3v) is 4.59. The first-order chi connectivity index (χ1) is 9.58. The number of primary amides is 1. The molecular formula is C12H13N5O2S. The minimum absolute atomic E-state index is 0.172. The summed E-state index contributed by atoms with van der Waals surface area (Å²) in [6.45, 7) is 0.874. The molecule has 1 saturated heterocycles. The number of likely N-dealkylation sites (tertiary alicyclic amines) is 1. The van der Waals surface area contributed by atoms with Crippen LogP contribution in [0.4, 0.5) is 5.69 Å². The van der Waals surface area contributed by atoms with E-state index >= 15 is 0 Å². The summed E-state index contributed by atoms with van der Waals surface area (Å²) in [5, 5.41) is 8.47. The second-order valence-corrected chi connectivity index (χ2v) is 5.73. The molecule has 1 atom stereocenters. The third-order valence-electron chi connectivity index (χ3n) is 3.49. The summed E-state index contributed by atoms with van der Waals surface area (Å²) in [6, 6.07) is 1.74. The van der Waals surface area contributed by atoms with Crippen LogP contribution in [-0.4, -0.2) is 40.0 Å². The first-order valence-electron chi connectivity index (χ1n) is 6.16. The van der Waals surface area contributed by atoms with Crippen molar-refractivity contribution >= 4 is 39.1 Å². The molecule has 1 aliphatic rings. The average Bonchev–Trinajstić information content (AvgIpc) is 3.04. The van der Waals surface area contributed by atoms with Crippen LogP contribution in [-0.2, 0) is 4.79 Å². The van der Waals surface area contributed by atoms with Gasteiger partial charge in [-0.1, -0.05) is 0 Å². The van der Waals surface area contributed by atoms with Crippen molar-refractivity contribution in [2.24, 2.45) is 11.7 Å². The van der Waals surface area contributed by atoms with Gasteiger partial charge in [-0.05, 0) is 12.5 Å². The van der Waals surface area contributed by atoms with Gasteiger partial charge in [0.15, 0.2) is 0 Å². The zero-order valence-corrected chi connectivity index (χ0v) is 11.4. The lowest BCUT2D eigenvalue weighted by molar-refractivity contribution is -0.121. The molecule has 2 amide bonds. The van der Waals surface area contributed by atoms with Gasteiger partial charge in [0.05, 0.1) is 17.8 Å². The number of thiophene rings is 1. The predicted octanol–water partition coefficient (Wildman–Crippen LogP) is 0.221. The van der Waals surface area contributed by atoms with Crippen molar-refractivity contribution in [2.45, 2.75) is 6.42 Å².